The van der Waals surface area contributed by atoms with E-state index in [1.54, 1.807) is 36.6 Å². The molecule has 1 heterocycles. The van der Waals surface area contributed by atoms with Gasteiger partial charge < -0.3 is 14.8 Å². The fourth-order valence-electron chi connectivity index (χ4n) is 1.99. The third-order valence-corrected chi connectivity index (χ3v) is 3.80. The first kappa shape index (κ1) is 15.3. The molecule has 0 aliphatic carbocycles. The number of ether oxygens (including phenoxy) is 2. The van der Waals surface area contributed by atoms with E-state index in [0.29, 0.717) is 30.0 Å². The van der Waals surface area contributed by atoms with Gasteiger partial charge in [-0.15, -0.1) is 11.3 Å². The van der Waals surface area contributed by atoms with Crippen molar-refractivity contribution >= 4 is 17.2 Å². The average Bonchev–Trinajstić information content (AvgIpc) is 2.91. The summed E-state index contributed by atoms with van der Waals surface area (Å²) in [5.41, 5.74) is 1.46. The number of methoxy groups -OCH3 is 2. The van der Waals surface area contributed by atoms with Gasteiger partial charge in [0.05, 0.1) is 30.5 Å². The molecule has 0 unspecified atom stereocenters. The van der Waals surface area contributed by atoms with Gasteiger partial charge in [-0.2, -0.15) is 0 Å². The highest BCUT2D eigenvalue weighted by Gasteiger charge is 2.15. The standard InChI is InChI=1S/C15H18N2O3S/c1-10-17-11(9-21-10)7-8-16-15(18)12-5-4-6-13(19-2)14(12)20-3/h4-6,9H,7-8H2,1-3H3,(H,16,18). The molecule has 0 aliphatic heterocycles. The van der Waals surface area contributed by atoms with Crippen LogP contribution in [-0.4, -0.2) is 31.7 Å². The summed E-state index contributed by atoms with van der Waals surface area (Å²) in [7, 11) is 3.07. The number of hydrogen-bond acceptors (Lipinski definition) is 5. The van der Waals surface area contributed by atoms with E-state index in [0.717, 1.165) is 10.7 Å². The van der Waals surface area contributed by atoms with Crippen molar-refractivity contribution in [1.29, 1.82) is 0 Å². The van der Waals surface area contributed by atoms with Crippen LogP contribution in [0.15, 0.2) is 23.6 Å². The molecule has 21 heavy (non-hydrogen) atoms. The first-order valence-electron chi connectivity index (χ1n) is 6.56. The average molecular weight is 306 g/mol. The lowest BCUT2D eigenvalue weighted by Crippen LogP contribution is -2.26. The molecule has 0 aliphatic rings. The number of aryl methyl sites for hydroxylation is 1. The van der Waals surface area contributed by atoms with Crippen molar-refractivity contribution in [3.05, 3.63) is 39.8 Å². The van der Waals surface area contributed by atoms with Crippen molar-refractivity contribution in [2.45, 2.75) is 13.3 Å². The second-order valence-electron chi connectivity index (χ2n) is 4.40. The Morgan fingerprint density at radius 1 is 1.33 bits per heavy atom. The van der Waals surface area contributed by atoms with Crippen LogP contribution in [0.1, 0.15) is 21.1 Å². The van der Waals surface area contributed by atoms with Crippen LogP contribution in [0, 0.1) is 6.92 Å². The minimum atomic E-state index is -0.183. The minimum absolute atomic E-state index is 0.183. The third-order valence-electron chi connectivity index (χ3n) is 2.98. The lowest BCUT2D eigenvalue weighted by Gasteiger charge is -2.12. The van der Waals surface area contributed by atoms with E-state index in [-0.39, 0.29) is 5.91 Å². The molecular formula is C15H18N2O3S. The Kier molecular flexibility index (Phi) is 5.16. The molecule has 112 valence electrons. The number of rotatable bonds is 6. The van der Waals surface area contributed by atoms with Gasteiger partial charge in [-0.25, -0.2) is 4.98 Å². The van der Waals surface area contributed by atoms with Gasteiger partial charge in [0.1, 0.15) is 0 Å². The van der Waals surface area contributed by atoms with Crippen molar-refractivity contribution in [1.82, 2.24) is 10.3 Å². The van der Waals surface area contributed by atoms with E-state index >= 15 is 0 Å². The van der Waals surface area contributed by atoms with Crippen molar-refractivity contribution in [3.63, 3.8) is 0 Å². The SMILES string of the molecule is COc1cccc(C(=O)NCCc2csc(C)n2)c1OC. The van der Waals surface area contributed by atoms with Gasteiger partial charge >= 0.3 is 0 Å². The van der Waals surface area contributed by atoms with Gasteiger partial charge in [-0.3, -0.25) is 4.79 Å². The zero-order chi connectivity index (χ0) is 15.2. The molecule has 0 fully saturated rings. The summed E-state index contributed by atoms with van der Waals surface area (Å²) in [6.07, 6.45) is 0.711. The minimum Gasteiger partial charge on any atom is -0.493 e. The number of carbonyl (C=O) groups excluding carboxylic acids is 1. The lowest BCUT2D eigenvalue weighted by molar-refractivity contribution is 0.0950. The number of carbonyl (C=O) groups is 1. The number of nitrogens with zero attached hydrogens (tertiary/aromatic N) is 1. The van der Waals surface area contributed by atoms with Gasteiger partial charge in [0.2, 0.25) is 0 Å². The van der Waals surface area contributed by atoms with Crippen LogP contribution in [0.2, 0.25) is 0 Å². The van der Waals surface area contributed by atoms with E-state index in [1.807, 2.05) is 12.3 Å². The summed E-state index contributed by atoms with van der Waals surface area (Å²) in [6.45, 7) is 2.50. The molecule has 2 rings (SSSR count). The molecule has 1 aromatic heterocycles. The molecule has 0 saturated heterocycles. The van der Waals surface area contributed by atoms with E-state index in [4.69, 9.17) is 9.47 Å². The summed E-state index contributed by atoms with van der Waals surface area (Å²) in [5.74, 6) is 0.806. The highest BCUT2D eigenvalue weighted by molar-refractivity contribution is 7.09. The van der Waals surface area contributed by atoms with Crippen LogP contribution in [0.4, 0.5) is 0 Å². The maximum Gasteiger partial charge on any atom is 0.255 e. The van der Waals surface area contributed by atoms with Gasteiger partial charge in [-0.1, -0.05) is 6.07 Å². The molecule has 0 atom stereocenters. The Morgan fingerprint density at radius 2 is 2.14 bits per heavy atom. The molecule has 5 nitrogen and oxygen atoms in total. The Morgan fingerprint density at radius 3 is 2.76 bits per heavy atom. The van der Waals surface area contributed by atoms with Gasteiger partial charge in [0, 0.05) is 18.3 Å². The summed E-state index contributed by atoms with van der Waals surface area (Å²) in [6, 6.07) is 5.23. The highest BCUT2D eigenvalue weighted by Crippen LogP contribution is 2.30. The van der Waals surface area contributed by atoms with Crippen molar-refractivity contribution < 1.29 is 14.3 Å². The maximum absolute atomic E-state index is 12.2. The van der Waals surface area contributed by atoms with Crippen molar-refractivity contribution in [2.75, 3.05) is 20.8 Å². The number of para-hydroxylation sites is 1. The number of hydrogen-bond donors (Lipinski definition) is 1. The number of amides is 1. The van der Waals surface area contributed by atoms with E-state index in [2.05, 4.69) is 10.3 Å². The predicted octanol–water partition coefficient (Wildman–Crippen LogP) is 2.44. The van der Waals surface area contributed by atoms with Crippen molar-refractivity contribution in [2.24, 2.45) is 0 Å². The van der Waals surface area contributed by atoms with Gasteiger partial charge in [-0.05, 0) is 19.1 Å². The second kappa shape index (κ2) is 7.08. The van der Waals surface area contributed by atoms with E-state index in [1.165, 1.54) is 7.11 Å². The fraction of sp³-hybridized carbons (Fsp3) is 0.333. The smallest absolute Gasteiger partial charge is 0.255 e. The summed E-state index contributed by atoms with van der Waals surface area (Å²) < 4.78 is 10.4. The zero-order valence-corrected chi connectivity index (χ0v) is 13.1. The lowest BCUT2D eigenvalue weighted by atomic mass is 10.1. The quantitative estimate of drug-likeness (QED) is 0.890. The fourth-order valence-corrected chi connectivity index (χ4v) is 2.64. The normalized spacial score (nSPS) is 10.2. The Balaban J connectivity index is 2.00. The number of thiazole rings is 1. The third kappa shape index (κ3) is 3.72. The zero-order valence-electron chi connectivity index (χ0n) is 12.3. The largest absolute Gasteiger partial charge is 0.493 e. The molecule has 0 spiro atoms. The predicted molar refractivity (Wildman–Crippen MR) is 82.4 cm³/mol. The summed E-state index contributed by atoms with van der Waals surface area (Å²) in [5, 5.41) is 5.91. The van der Waals surface area contributed by atoms with Crippen LogP contribution < -0.4 is 14.8 Å². The van der Waals surface area contributed by atoms with Crippen molar-refractivity contribution in [3.8, 4) is 11.5 Å². The first-order valence-corrected chi connectivity index (χ1v) is 7.44. The Labute approximate surface area is 127 Å². The van der Waals surface area contributed by atoms with Crippen LogP contribution in [0.3, 0.4) is 0 Å². The molecular weight excluding hydrogens is 288 g/mol. The maximum atomic E-state index is 12.2. The van der Waals surface area contributed by atoms with Crippen LogP contribution in [0.25, 0.3) is 0 Å². The first-order chi connectivity index (χ1) is 10.2. The van der Waals surface area contributed by atoms with Crippen LogP contribution in [0.5, 0.6) is 11.5 Å². The number of aromatic nitrogens is 1. The molecule has 2 aromatic rings. The van der Waals surface area contributed by atoms with Crippen LogP contribution >= 0.6 is 11.3 Å². The summed E-state index contributed by atoms with van der Waals surface area (Å²) >= 11 is 1.61. The van der Waals surface area contributed by atoms with Gasteiger partial charge in [0.15, 0.2) is 11.5 Å². The van der Waals surface area contributed by atoms with E-state index in [9.17, 15) is 4.79 Å². The molecule has 1 amide bonds. The molecule has 6 heteroatoms. The van der Waals surface area contributed by atoms with Gasteiger partial charge in [0.25, 0.3) is 5.91 Å². The molecule has 1 aromatic carbocycles. The summed E-state index contributed by atoms with van der Waals surface area (Å²) in [4.78, 5) is 16.6. The number of benzene rings is 1. The molecule has 0 bridgehead atoms. The topological polar surface area (TPSA) is 60.5 Å². The molecule has 0 saturated carbocycles. The molecule has 1 N–H and O–H groups in total. The van der Waals surface area contributed by atoms with Crippen LogP contribution in [-0.2, 0) is 6.42 Å². The second-order valence-corrected chi connectivity index (χ2v) is 5.47. The Hall–Kier alpha value is -2.08. The van der Waals surface area contributed by atoms with E-state index < -0.39 is 0 Å². The molecule has 0 radical (unpaired) electrons. The highest BCUT2D eigenvalue weighted by atomic mass is 32.1. The monoisotopic (exact) mass is 306 g/mol. The number of nitrogens with one attached hydrogen (secondary N) is 1. The Bertz CT molecular complexity index is 625.